The summed E-state index contributed by atoms with van der Waals surface area (Å²) in [5.41, 5.74) is 6.95. The van der Waals surface area contributed by atoms with Crippen molar-refractivity contribution in [3.63, 3.8) is 0 Å². The molecule has 0 saturated carbocycles. The molecule has 0 fully saturated rings. The number of rotatable bonds is 3. The summed E-state index contributed by atoms with van der Waals surface area (Å²) in [6.45, 7) is 6.62. The van der Waals surface area contributed by atoms with Gasteiger partial charge in [-0.1, -0.05) is 35.9 Å². The van der Waals surface area contributed by atoms with Gasteiger partial charge in [-0.15, -0.1) is 0 Å². The van der Waals surface area contributed by atoms with Crippen LogP contribution in [0.5, 0.6) is 0 Å². The third-order valence-electron chi connectivity index (χ3n) is 5.28. The number of hydrogen-bond donors (Lipinski definition) is 0. The van der Waals surface area contributed by atoms with E-state index in [0.717, 1.165) is 33.4 Å². The van der Waals surface area contributed by atoms with E-state index in [4.69, 9.17) is 0 Å². The summed E-state index contributed by atoms with van der Waals surface area (Å²) >= 11 is 0. The highest BCUT2D eigenvalue weighted by Gasteiger charge is 2.30. The average Bonchev–Trinajstić information content (AvgIpc) is 2.66. The summed E-state index contributed by atoms with van der Waals surface area (Å²) in [7, 11) is -3.53. The van der Waals surface area contributed by atoms with E-state index in [0.29, 0.717) is 24.4 Å². The zero-order valence-corrected chi connectivity index (χ0v) is 17.1. The first-order valence-corrected chi connectivity index (χ1v) is 10.8. The Kier molecular flexibility index (Phi) is 4.77. The van der Waals surface area contributed by atoms with Crippen molar-refractivity contribution in [1.29, 1.82) is 0 Å². The molecule has 0 unspecified atom stereocenters. The number of hydrogen-bond acceptors (Lipinski definition) is 4. The smallest absolute Gasteiger partial charge is 0.243 e. The SMILES string of the molecule is Cc1cc(C)c(S(=O)(=O)N2CCc3cc(-c4cncnc4)ccc3C2)c(C)c1. The van der Waals surface area contributed by atoms with Gasteiger partial charge < -0.3 is 0 Å². The van der Waals surface area contributed by atoms with E-state index in [1.807, 2.05) is 45.0 Å². The molecule has 1 aliphatic rings. The van der Waals surface area contributed by atoms with Gasteiger partial charge >= 0.3 is 0 Å². The Bertz CT molecular complexity index is 1120. The fourth-order valence-corrected chi connectivity index (χ4v) is 5.89. The molecule has 3 aromatic rings. The van der Waals surface area contributed by atoms with Gasteiger partial charge in [-0.05, 0) is 55.0 Å². The van der Waals surface area contributed by atoms with Gasteiger partial charge in [0.15, 0.2) is 0 Å². The van der Waals surface area contributed by atoms with Gasteiger partial charge in [0, 0.05) is 31.0 Å². The number of benzene rings is 2. The first kappa shape index (κ1) is 18.8. The second-order valence-corrected chi connectivity index (χ2v) is 9.30. The van der Waals surface area contributed by atoms with Crippen LogP contribution in [0, 0.1) is 20.8 Å². The molecule has 0 aliphatic carbocycles. The molecule has 28 heavy (non-hydrogen) atoms. The van der Waals surface area contributed by atoms with E-state index in [1.54, 1.807) is 16.7 Å². The molecule has 5 nitrogen and oxygen atoms in total. The molecule has 4 rings (SSSR count). The lowest BCUT2D eigenvalue weighted by Gasteiger charge is -2.29. The van der Waals surface area contributed by atoms with Crippen LogP contribution >= 0.6 is 0 Å². The van der Waals surface area contributed by atoms with Crippen LogP contribution < -0.4 is 0 Å². The van der Waals surface area contributed by atoms with Crippen molar-refractivity contribution in [2.75, 3.05) is 6.54 Å². The van der Waals surface area contributed by atoms with Crippen LogP contribution in [0.4, 0.5) is 0 Å². The number of aryl methyl sites for hydroxylation is 3. The third kappa shape index (κ3) is 3.34. The second-order valence-electron chi connectivity index (χ2n) is 7.43. The maximum absolute atomic E-state index is 13.3. The van der Waals surface area contributed by atoms with Crippen LogP contribution in [-0.2, 0) is 23.0 Å². The Hall–Kier alpha value is -2.57. The van der Waals surface area contributed by atoms with Crippen molar-refractivity contribution in [3.05, 3.63) is 76.9 Å². The van der Waals surface area contributed by atoms with E-state index in [1.165, 1.54) is 11.9 Å². The summed E-state index contributed by atoms with van der Waals surface area (Å²) in [5.74, 6) is 0. The summed E-state index contributed by atoms with van der Waals surface area (Å²) in [5, 5.41) is 0. The lowest BCUT2D eigenvalue weighted by atomic mass is 9.96. The molecule has 0 spiro atoms. The highest BCUT2D eigenvalue weighted by Crippen LogP contribution is 2.31. The topological polar surface area (TPSA) is 63.2 Å². The molecule has 0 bridgehead atoms. The van der Waals surface area contributed by atoms with Crippen molar-refractivity contribution in [1.82, 2.24) is 14.3 Å². The molecule has 0 amide bonds. The Morgan fingerprint density at radius 1 is 0.893 bits per heavy atom. The predicted molar refractivity (Wildman–Crippen MR) is 109 cm³/mol. The molecular formula is C22H23N3O2S. The zero-order valence-electron chi connectivity index (χ0n) is 16.3. The van der Waals surface area contributed by atoms with Gasteiger partial charge in [0.2, 0.25) is 10.0 Å². The molecule has 0 atom stereocenters. The van der Waals surface area contributed by atoms with Gasteiger partial charge in [0.25, 0.3) is 0 Å². The lowest BCUT2D eigenvalue weighted by Crippen LogP contribution is -2.36. The quantitative estimate of drug-likeness (QED) is 0.679. The summed E-state index contributed by atoms with van der Waals surface area (Å²) < 4.78 is 28.3. The normalized spacial score (nSPS) is 14.7. The van der Waals surface area contributed by atoms with E-state index in [-0.39, 0.29) is 0 Å². The maximum atomic E-state index is 13.3. The monoisotopic (exact) mass is 393 g/mol. The highest BCUT2D eigenvalue weighted by atomic mass is 32.2. The van der Waals surface area contributed by atoms with Gasteiger partial charge in [-0.3, -0.25) is 0 Å². The fourth-order valence-electron chi connectivity index (χ4n) is 4.06. The molecule has 0 saturated heterocycles. The zero-order chi connectivity index (χ0) is 19.9. The fraction of sp³-hybridized carbons (Fsp3) is 0.273. The molecule has 1 aliphatic heterocycles. The molecule has 2 aromatic carbocycles. The van der Waals surface area contributed by atoms with Crippen molar-refractivity contribution >= 4 is 10.0 Å². The van der Waals surface area contributed by atoms with Crippen LogP contribution in [0.25, 0.3) is 11.1 Å². The first-order chi connectivity index (χ1) is 13.4. The predicted octanol–water partition coefficient (Wildman–Crippen LogP) is 3.82. The summed E-state index contributed by atoms with van der Waals surface area (Å²) in [4.78, 5) is 8.59. The van der Waals surface area contributed by atoms with E-state index in [9.17, 15) is 8.42 Å². The van der Waals surface area contributed by atoms with E-state index in [2.05, 4.69) is 16.0 Å². The highest BCUT2D eigenvalue weighted by molar-refractivity contribution is 7.89. The van der Waals surface area contributed by atoms with Gasteiger partial charge in [0.1, 0.15) is 6.33 Å². The number of fused-ring (bicyclic) bond motifs is 1. The number of aromatic nitrogens is 2. The van der Waals surface area contributed by atoms with Crippen LogP contribution in [0.2, 0.25) is 0 Å². The largest absolute Gasteiger partial charge is 0.244 e. The maximum Gasteiger partial charge on any atom is 0.243 e. The first-order valence-electron chi connectivity index (χ1n) is 9.31. The van der Waals surface area contributed by atoms with Crippen molar-refractivity contribution in [3.8, 4) is 11.1 Å². The van der Waals surface area contributed by atoms with Gasteiger partial charge in [-0.2, -0.15) is 4.31 Å². The van der Waals surface area contributed by atoms with Crippen LogP contribution in [0.15, 0.2) is 53.9 Å². The molecular weight excluding hydrogens is 370 g/mol. The molecule has 6 heteroatoms. The number of nitrogens with zero attached hydrogens (tertiary/aromatic N) is 3. The minimum Gasteiger partial charge on any atom is -0.244 e. The van der Waals surface area contributed by atoms with E-state index < -0.39 is 10.0 Å². The van der Waals surface area contributed by atoms with Crippen molar-refractivity contribution in [2.45, 2.75) is 38.6 Å². The van der Waals surface area contributed by atoms with Gasteiger partial charge in [0.05, 0.1) is 4.90 Å². The molecule has 144 valence electrons. The van der Waals surface area contributed by atoms with E-state index >= 15 is 0 Å². The minimum atomic E-state index is -3.53. The second kappa shape index (κ2) is 7.11. The molecule has 1 aromatic heterocycles. The van der Waals surface area contributed by atoms with Crippen molar-refractivity contribution in [2.24, 2.45) is 0 Å². The molecule has 0 radical (unpaired) electrons. The van der Waals surface area contributed by atoms with Crippen molar-refractivity contribution < 1.29 is 8.42 Å². The third-order valence-corrected chi connectivity index (χ3v) is 7.43. The average molecular weight is 394 g/mol. The molecule has 2 heterocycles. The van der Waals surface area contributed by atoms with Crippen LogP contribution in [-0.4, -0.2) is 29.2 Å². The summed E-state index contributed by atoms with van der Waals surface area (Å²) in [6.07, 6.45) is 5.79. The summed E-state index contributed by atoms with van der Waals surface area (Å²) in [6, 6.07) is 10.0. The minimum absolute atomic E-state index is 0.399. The molecule has 0 N–H and O–H groups in total. The number of sulfonamides is 1. The van der Waals surface area contributed by atoms with Gasteiger partial charge in [-0.25, -0.2) is 18.4 Å². The Labute approximate surface area is 166 Å². The Morgan fingerprint density at radius 3 is 2.25 bits per heavy atom. The van der Waals surface area contributed by atoms with Crippen LogP contribution in [0.1, 0.15) is 27.8 Å². The Morgan fingerprint density at radius 2 is 1.57 bits per heavy atom. The Balaban J connectivity index is 1.66. The van der Waals surface area contributed by atoms with Crippen LogP contribution in [0.3, 0.4) is 0 Å². The lowest BCUT2D eigenvalue weighted by molar-refractivity contribution is 0.391. The standard InChI is InChI=1S/C22H23N3O2S/c1-15-8-16(2)22(17(3)9-15)28(26,27)25-7-6-19-10-18(4-5-20(19)13-25)21-11-23-14-24-12-21/h4-5,8-12,14H,6-7,13H2,1-3H3.